The van der Waals surface area contributed by atoms with Crippen molar-refractivity contribution in [2.24, 2.45) is 0 Å². The number of rotatable bonds is 1. The summed E-state index contributed by atoms with van der Waals surface area (Å²) in [5.41, 5.74) is 3.37. The quantitative estimate of drug-likeness (QED) is 0.546. The van der Waals surface area contributed by atoms with E-state index in [1.54, 1.807) is 6.07 Å². The highest BCUT2D eigenvalue weighted by atomic mass is 35.5. The van der Waals surface area contributed by atoms with Crippen molar-refractivity contribution >= 4 is 33.7 Å². The molecule has 0 fully saturated rings. The van der Waals surface area contributed by atoms with Crippen LogP contribution in [0.1, 0.15) is 0 Å². The Bertz CT molecular complexity index is 966. The summed E-state index contributed by atoms with van der Waals surface area (Å²) in [5.74, 6) is 0. The summed E-state index contributed by atoms with van der Waals surface area (Å²) in [6, 6.07) is 15.2. The summed E-state index contributed by atoms with van der Waals surface area (Å²) in [6.07, 6.45) is 0. The van der Waals surface area contributed by atoms with Gasteiger partial charge in [-0.15, -0.1) is 5.10 Å². The van der Waals surface area contributed by atoms with E-state index in [-0.39, 0.29) is 0 Å². The monoisotopic (exact) mass is 296 g/mol. The highest BCUT2D eigenvalue weighted by Crippen LogP contribution is 2.34. The van der Waals surface area contributed by atoms with E-state index in [4.69, 9.17) is 11.6 Å². The molecule has 2 aromatic carbocycles. The molecule has 0 unspecified atom stereocenters. The molecule has 0 saturated carbocycles. The molecule has 0 radical (unpaired) electrons. The third-order valence-electron chi connectivity index (χ3n) is 3.39. The van der Waals surface area contributed by atoms with Crippen molar-refractivity contribution in [3.63, 3.8) is 0 Å². The molecule has 6 heteroatoms. The third kappa shape index (κ3) is 1.82. The van der Waals surface area contributed by atoms with Gasteiger partial charge in [0.2, 0.25) is 5.65 Å². The van der Waals surface area contributed by atoms with Gasteiger partial charge >= 0.3 is 0 Å². The summed E-state index contributed by atoms with van der Waals surface area (Å²) in [5, 5.41) is 19.0. The zero-order chi connectivity index (χ0) is 14.4. The number of benzene rings is 2. The van der Waals surface area contributed by atoms with E-state index in [1.807, 2.05) is 42.5 Å². The van der Waals surface area contributed by atoms with E-state index in [0.29, 0.717) is 16.2 Å². The first-order valence-corrected chi connectivity index (χ1v) is 6.71. The summed E-state index contributed by atoms with van der Waals surface area (Å²) in [7, 11) is 0. The fraction of sp³-hybridized carbons (Fsp3) is 0. The molecule has 5 nitrogen and oxygen atoms in total. The number of hydrogen-bond donors (Lipinski definition) is 1. The van der Waals surface area contributed by atoms with Crippen LogP contribution in [0.4, 0.5) is 0 Å². The maximum absolute atomic E-state index is 9.95. The number of hydrogen-bond acceptors (Lipinski definition) is 4. The molecular formula is C15H9ClN4O. The second-order valence-corrected chi connectivity index (χ2v) is 5.10. The Hall–Kier alpha value is -2.66. The molecule has 2 aromatic heterocycles. The lowest BCUT2D eigenvalue weighted by atomic mass is 10.00. The predicted octanol–water partition coefficient (Wildman–Crippen LogP) is 3.54. The van der Waals surface area contributed by atoms with Crippen LogP contribution in [0.25, 0.3) is 33.2 Å². The Balaban J connectivity index is 2.26. The molecule has 102 valence electrons. The summed E-state index contributed by atoms with van der Waals surface area (Å²) < 4.78 is 0. The fourth-order valence-corrected chi connectivity index (χ4v) is 2.67. The van der Waals surface area contributed by atoms with Gasteiger partial charge in [0.05, 0.1) is 5.52 Å². The molecule has 4 rings (SSSR count). The zero-order valence-electron chi connectivity index (χ0n) is 10.7. The topological polar surface area (TPSA) is 63.8 Å². The minimum absolute atomic E-state index is 0.395. The molecular weight excluding hydrogens is 288 g/mol. The maximum Gasteiger partial charge on any atom is 0.206 e. The van der Waals surface area contributed by atoms with Crippen molar-refractivity contribution in [1.82, 2.24) is 20.1 Å². The normalized spacial score (nSPS) is 11.3. The number of nitrogens with zero attached hydrogens (tertiary/aromatic N) is 4. The minimum atomic E-state index is 0.395. The van der Waals surface area contributed by atoms with E-state index in [2.05, 4.69) is 15.3 Å². The first-order chi connectivity index (χ1) is 10.2. The van der Waals surface area contributed by atoms with E-state index in [9.17, 15) is 5.21 Å². The molecule has 0 aliphatic heterocycles. The summed E-state index contributed by atoms with van der Waals surface area (Å²) in [4.78, 5) is 5.17. The molecule has 0 saturated heterocycles. The van der Waals surface area contributed by atoms with Crippen LogP contribution in [0, 0.1) is 0 Å². The van der Waals surface area contributed by atoms with Crippen LogP contribution in [0.2, 0.25) is 5.02 Å². The van der Waals surface area contributed by atoms with E-state index < -0.39 is 0 Å². The molecule has 0 atom stereocenters. The molecule has 0 spiro atoms. The van der Waals surface area contributed by atoms with Crippen LogP contribution < -0.4 is 0 Å². The lowest BCUT2D eigenvalue weighted by molar-refractivity contribution is 0.155. The van der Waals surface area contributed by atoms with Crippen LogP contribution in [0.5, 0.6) is 0 Å². The molecule has 0 bridgehead atoms. The first kappa shape index (κ1) is 12.1. The molecule has 1 N–H and O–H groups in total. The third-order valence-corrected chi connectivity index (χ3v) is 3.62. The van der Waals surface area contributed by atoms with Crippen LogP contribution in [-0.4, -0.2) is 25.3 Å². The van der Waals surface area contributed by atoms with E-state index in [1.165, 1.54) is 0 Å². The minimum Gasteiger partial charge on any atom is -0.410 e. The average molecular weight is 297 g/mol. The van der Waals surface area contributed by atoms with E-state index in [0.717, 1.165) is 26.9 Å². The summed E-state index contributed by atoms with van der Waals surface area (Å²) in [6.45, 7) is 0. The molecule has 4 aromatic rings. The van der Waals surface area contributed by atoms with Crippen molar-refractivity contribution < 1.29 is 5.21 Å². The average Bonchev–Trinajstić information content (AvgIpc) is 2.87. The van der Waals surface area contributed by atoms with Crippen LogP contribution >= 0.6 is 11.6 Å². The Kier molecular flexibility index (Phi) is 2.55. The van der Waals surface area contributed by atoms with Gasteiger partial charge < -0.3 is 5.21 Å². The van der Waals surface area contributed by atoms with Crippen molar-refractivity contribution in [1.29, 1.82) is 0 Å². The largest absolute Gasteiger partial charge is 0.410 e. The maximum atomic E-state index is 9.95. The molecule has 21 heavy (non-hydrogen) atoms. The fourth-order valence-electron chi connectivity index (χ4n) is 2.50. The smallest absolute Gasteiger partial charge is 0.206 e. The summed E-state index contributed by atoms with van der Waals surface area (Å²) >= 11 is 6.11. The van der Waals surface area contributed by atoms with Gasteiger partial charge in [-0.3, -0.25) is 0 Å². The standard InChI is InChI=1S/C15H9ClN4O/c16-10-6-7-12-11(8-10)13(9-4-2-1-3-5-9)14-15(17-12)18-19-20(14)21/h1-8,21H. The lowest BCUT2D eigenvalue weighted by Gasteiger charge is -2.08. The Morgan fingerprint density at radius 3 is 2.67 bits per heavy atom. The van der Waals surface area contributed by atoms with Crippen molar-refractivity contribution in [3.8, 4) is 11.1 Å². The number of pyridine rings is 1. The van der Waals surface area contributed by atoms with Gasteiger partial charge in [0.1, 0.15) is 0 Å². The van der Waals surface area contributed by atoms with Crippen LogP contribution in [0.3, 0.4) is 0 Å². The zero-order valence-corrected chi connectivity index (χ0v) is 11.5. The van der Waals surface area contributed by atoms with Crippen LogP contribution in [-0.2, 0) is 0 Å². The number of halogens is 1. The predicted molar refractivity (Wildman–Crippen MR) is 80.5 cm³/mol. The van der Waals surface area contributed by atoms with Gasteiger partial charge in [-0.05, 0) is 29.0 Å². The van der Waals surface area contributed by atoms with Gasteiger partial charge in [0, 0.05) is 16.0 Å². The Morgan fingerprint density at radius 2 is 1.86 bits per heavy atom. The van der Waals surface area contributed by atoms with E-state index >= 15 is 0 Å². The first-order valence-electron chi connectivity index (χ1n) is 6.33. The molecule has 0 aliphatic rings. The second-order valence-electron chi connectivity index (χ2n) is 4.67. The van der Waals surface area contributed by atoms with Gasteiger partial charge in [0.25, 0.3) is 0 Å². The van der Waals surface area contributed by atoms with Gasteiger partial charge in [-0.25, -0.2) is 4.98 Å². The number of fused-ring (bicyclic) bond motifs is 2. The lowest BCUT2D eigenvalue weighted by Crippen LogP contribution is -1.95. The molecule has 0 amide bonds. The van der Waals surface area contributed by atoms with Crippen molar-refractivity contribution in [2.75, 3.05) is 0 Å². The number of aromatic nitrogens is 4. The highest BCUT2D eigenvalue weighted by Gasteiger charge is 2.17. The Morgan fingerprint density at radius 1 is 1.05 bits per heavy atom. The van der Waals surface area contributed by atoms with Gasteiger partial charge in [0.15, 0.2) is 5.52 Å². The van der Waals surface area contributed by atoms with Gasteiger partial charge in [-0.1, -0.05) is 46.8 Å². The molecule has 2 heterocycles. The van der Waals surface area contributed by atoms with Crippen LogP contribution in [0.15, 0.2) is 48.5 Å². The highest BCUT2D eigenvalue weighted by molar-refractivity contribution is 6.31. The van der Waals surface area contributed by atoms with Crippen molar-refractivity contribution in [3.05, 3.63) is 53.6 Å². The van der Waals surface area contributed by atoms with Crippen molar-refractivity contribution in [2.45, 2.75) is 0 Å². The second kappa shape index (κ2) is 4.43. The van der Waals surface area contributed by atoms with Gasteiger partial charge in [-0.2, -0.15) is 0 Å². The molecule has 0 aliphatic carbocycles. The SMILES string of the molecule is On1nnc2nc3ccc(Cl)cc3c(-c3ccccc3)c21. The Labute approximate surface area is 124 Å².